The van der Waals surface area contributed by atoms with Crippen LogP contribution in [0, 0.1) is 0 Å². The van der Waals surface area contributed by atoms with E-state index in [1.165, 1.54) is 12.8 Å². The van der Waals surface area contributed by atoms with Crippen LogP contribution < -0.4 is 16.2 Å². The molecule has 2 rings (SSSR count). The van der Waals surface area contributed by atoms with Crippen molar-refractivity contribution >= 4 is 11.8 Å². The van der Waals surface area contributed by atoms with Gasteiger partial charge in [-0.05, 0) is 55.5 Å². The fraction of sp³-hybridized carbons (Fsp3) is 0.440. The van der Waals surface area contributed by atoms with Gasteiger partial charge in [-0.2, -0.15) is 0 Å². The van der Waals surface area contributed by atoms with Crippen molar-refractivity contribution in [2.75, 3.05) is 19.8 Å². The van der Waals surface area contributed by atoms with E-state index >= 15 is 0 Å². The first-order chi connectivity index (χ1) is 15.2. The van der Waals surface area contributed by atoms with Gasteiger partial charge < -0.3 is 10.1 Å². The summed E-state index contributed by atoms with van der Waals surface area (Å²) in [5.41, 5.74) is 7.76. The van der Waals surface area contributed by atoms with E-state index in [0.717, 1.165) is 44.5 Å². The second-order valence-corrected chi connectivity index (χ2v) is 7.51. The van der Waals surface area contributed by atoms with Gasteiger partial charge in [0.25, 0.3) is 11.8 Å². The summed E-state index contributed by atoms with van der Waals surface area (Å²) in [5.74, 6) is -0.320. The SMILES string of the molecule is CCCCCOCCCCCNNC(=O)c1cccc(CNC(=O)c2ccccc2)c1. The fourth-order valence-electron chi connectivity index (χ4n) is 3.06. The molecule has 3 N–H and O–H groups in total. The molecule has 6 nitrogen and oxygen atoms in total. The summed E-state index contributed by atoms with van der Waals surface area (Å²) in [6.45, 7) is 4.94. The summed E-state index contributed by atoms with van der Waals surface area (Å²) in [6, 6.07) is 16.3. The lowest BCUT2D eigenvalue weighted by Crippen LogP contribution is -2.38. The van der Waals surface area contributed by atoms with Crippen LogP contribution in [0.1, 0.15) is 71.7 Å². The van der Waals surface area contributed by atoms with E-state index in [9.17, 15) is 9.59 Å². The van der Waals surface area contributed by atoms with Crippen LogP contribution in [0.5, 0.6) is 0 Å². The monoisotopic (exact) mass is 425 g/mol. The Balaban J connectivity index is 1.60. The molecule has 6 heteroatoms. The Labute approximate surface area is 185 Å². The molecule has 168 valence electrons. The molecule has 0 aliphatic rings. The molecule has 2 aromatic carbocycles. The minimum absolute atomic E-state index is 0.136. The number of rotatable bonds is 15. The molecule has 0 fully saturated rings. The van der Waals surface area contributed by atoms with E-state index in [0.29, 0.717) is 24.2 Å². The number of hydrogen-bond acceptors (Lipinski definition) is 4. The Morgan fingerprint density at radius 3 is 2.32 bits per heavy atom. The lowest BCUT2D eigenvalue weighted by molar-refractivity contribution is 0.0930. The Morgan fingerprint density at radius 2 is 1.55 bits per heavy atom. The summed E-state index contributed by atoms with van der Waals surface area (Å²) in [7, 11) is 0. The second kappa shape index (κ2) is 15.2. The van der Waals surface area contributed by atoms with Crippen LogP contribution in [0.2, 0.25) is 0 Å². The number of hydrogen-bond donors (Lipinski definition) is 3. The van der Waals surface area contributed by atoms with E-state index in [4.69, 9.17) is 4.74 Å². The molecule has 0 heterocycles. The molecule has 0 aromatic heterocycles. The third-order valence-electron chi connectivity index (χ3n) is 4.86. The lowest BCUT2D eigenvalue weighted by atomic mass is 10.1. The van der Waals surface area contributed by atoms with Crippen molar-refractivity contribution < 1.29 is 14.3 Å². The molecular weight excluding hydrogens is 390 g/mol. The Morgan fingerprint density at radius 1 is 0.806 bits per heavy atom. The number of hydrazine groups is 1. The lowest BCUT2D eigenvalue weighted by Gasteiger charge is -2.09. The van der Waals surface area contributed by atoms with Crippen molar-refractivity contribution in [2.24, 2.45) is 0 Å². The van der Waals surface area contributed by atoms with Gasteiger partial charge >= 0.3 is 0 Å². The maximum absolute atomic E-state index is 12.3. The molecule has 0 unspecified atom stereocenters. The van der Waals surface area contributed by atoms with Crippen LogP contribution in [-0.2, 0) is 11.3 Å². The minimum Gasteiger partial charge on any atom is -0.381 e. The number of carbonyl (C=O) groups is 2. The topological polar surface area (TPSA) is 79.5 Å². The van der Waals surface area contributed by atoms with Gasteiger partial charge in [0.15, 0.2) is 0 Å². The van der Waals surface area contributed by atoms with Crippen LogP contribution in [0.25, 0.3) is 0 Å². The van der Waals surface area contributed by atoms with Crippen molar-refractivity contribution in [2.45, 2.75) is 52.0 Å². The highest BCUT2D eigenvalue weighted by Crippen LogP contribution is 2.06. The molecule has 2 amide bonds. The number of nitrogens with one attached hydrogen (secondary N) is 3. The maximum Gasteiger partial charge on any atom is 0.265 e. The first kappa shape index (κ1) is 24.6. The fourth-order valence-corrected chi connectivity index (χ4v) is 3.06. The molecule has 0 spiro atoms. The maximum atomic E-state index is 12.3. The third kappa shape index (κ3) is 10.2. The van der Waals surface area contributed by atoms with E-state index in [1.54, 1.807) is 24.3 Å². The quantitative estimate of drug-likeness (QED) is 0.295. The molecule has 31 heavy (non-hydrogen) atoms. The van der Waals surface area contributed by atoms with Crippen molar-refractivity contribution in [1.29, 1.82) is 0 Å². The normalized spacial score (nSPS) is 10.6. The van der Waals surface area contributed by atoms with Crippen LogP contribution in [0.15, 0.2) is 54.6 Å². The molecule has 0 aliphatic carbocycles. The van der Waals surface area contributed by atoms with Gasteiger partial charge in [-0.3, -0.25) is 15.0 Å². The smallest absolute Gasteiger partial charge is 0.265 e. The zero-order valence-electron chi connectivity index (χ0n) is 18.5. The van der Waals surface area contributed by atoms with Gasteiger partial charge in [0.2, 0.25) is 0 Å². The molecule has 0 saturated heterocycles. The zero-order valence-corrected chi connectivity index (χ0v) is 18.5. The number of carbonyl (C=O) groups excluding carboxylic acids is 2. The molecule has 0 aliphatic heterocycles. The van der Waals surface area contributed by atoms with Crippen molar-refractivity contribution in [3.05, 3.63) is 71.3 Å². The predicted molar refractivity (Wildman–Crippen MR) is 124 cm³/mol. The Bertz CT molecular complexity index is 781. The van der Waals surface area contributed by atoms with Gasteiger partial charge in [-0.1, -0.05) is 50.1 Å². The van der Waals surface area contributed by atoms with E-state index < -0.39 is 0 Å². The number of benzene rings is 2. The first-order valence-electron chi connectivity index (χ1n) is 11.2. The first-order valence-corrected chi connectivity index (χ1v) is 11.2. The van der Waals surface area contributed by atoms with E-state index in [2.05, 4.69) is 23.1 Å². The van der Waals surface area contributed by atoms with Crippen LogP contribution in [-0.4, -0.2) is 31.6 Å². The van der Waals surface area contributed by atoms with Gasteiger partial charge in [-0.25, -0.2) is 5.43 Å². The standard InChI is InChI=1S/C25H35N3O3/c1-2-3-9-17-31-18-10-5-8-16-27-28-25(30)23-15-11-12-21(19-23)20-26-24(29)22-13-6-4-7-14-22/h4,6-7,11-15,19,27H,2-3,5,8-10,16-18,20H2,1H3,(H,26,29)(H,28,30). The number of ether oxygens (including phenoxy) is 1. The van der Waals surface area contributed by atoms with Gasteiger partial charge in [0, 0.05) is 37.4 Å². The predicted octanol–water partition coefficient (Wildman–Crippen LogP) is 4.23. The molecule has 0 saturated carbocycles. The number of amides is 2. The molecule has 0 atom stereocenters. The Kier molecular flexibility index (Phi) is 12.0. The van der Waals surface area contributed by atoms with Gasteiger partial charge in [0.05, 0.1) is 0 Å². The molecule has 0 bridgehead atoms. The summed E-state index contributed by atoms with van der Waals surface area (Å²) in [4.78, 5) is 24.5. The molecular formula is C25H35N3O3. The van der Waals surface area contributed by atoms with Crippen molar-refractivity contribution in [3.8, 4) is 0 Å². The van der Waals surface area contributed by atoms with Crippen LogP contribution in [0.4, 0.5) is 0 Å². The summed E-state index contributed by atoms with van der Waals surface area (Å²) < 4.78 is 5.59. The highest BCUT2D eigenvalue weighted by atomic mass is 16.5. The summed E-state index contributed by atoms with van der Waals surface area (Å²) in [5, 5.41) is 2.88. The third-order valence-corrected chi connectivity index (χ3v) is 4.86. The second-order valence-electron chi connectivity index (χ2n) is 7.51. The number of unbranched alkanes of at least 4 members (excludes halogenated alkanes) is 4. The van der Waals surface area contributed by atoms with Crippen LogP contribution in [0.3, 0.4) is 0 Å². The molecule has 0 radical (unpaired) electrons. The van der Waals surface area contributed by atoms with Crippen LogP contribution >= 0.6 is 0 Å². The van der Waals surface area contributed by atoms with Crippen molar-refractivity contribution in [1.82, 2.24) is 16.2 Å². The summed E-state index contributed by atoms with van der Waals surface area (Å²) >= 11 is 0. The van der Waals surface area contributed by atoms with E-state index in [1.807, 2.05) is 30.3 Å². The molecule has 2 aromatic rings. The highest BCUT2D eigenvalue weighted by Gasteiger charge is 2.07. The summed E-state index contributed by atoms with van der Waals surface area (Å²) in [6.07, 6.45) is 6.67. The average molecular weight is 426 g/mol. The Hall–Kier alpha value is -2.70. The highest BCUT2D eigenvalue weighted by molar-refractivity contribution is 5.95. The average Bonchev–Trinajstić information content (AvgIpc) is 2.81. The van der Waals surface area contributed by atoms with Gasteiger partial charge in [0.1, 0.15) is 0 Å². The largest absolute Gasteiger partial charge is 0.381 e. The minimum atomic E-state index is -0.185. The van der Waals surface area contributed by atoms with Crippen molar-refractivity contribution in [3.63, 3.8) is 0 Å². The van der Waals surface area contributed by atoms with Gasteiger partial charge in [-0.15, -0.1) is 0 Å². The van der Waals surface area contributed by atoms with E-state index in [-0.39, 0.29) is 11.8 Å². The zero-order chi connectivity index (χ0) is 22.2.